The average molecular weight is 556 g/mol. The van der Waals surface area contributed by atoms with E-state index in [2.05, 4.69) is 19.9 Å². The summed E-state index contributed by atoms with van der Waals surface area (Å²) in [4.78, 5) is 30.3. The highest BCUT2D eigenvalue weighted by molar-refractivity contribution is 6.31. The number of aromatic nitrogens is 5. The van der Waals surface area contributed by atoms with Crippen molar-refractivity contribution < 1.29 is 18.3 Å². The summed E-state index contributed by atoms with van der Waals surface area (Å²) < 4.78 is 41.0. The fourth-order valence-corrected chi connectivity index (χ4v) is 5.00. The summed E-state index contributed by atoms with van der Waals surface area (Å²) in [6.07, 6.45) is 1.48. The fraction of sp³-hybridized carbons (Fsp3) is 0.321. The zero-order valence-corrected chi connectivity index (χ0v) is 22.3. The molecule has 0 aromatic carbocycles. The van der Waals surface area contributed by atoms with Gasteiger partial charge < -0.3 is 5.11 Å². The molecule has 2 atom stereocenters. The lowest BCUT2D eigenvalue weighted by Gasteiger charge is -2.17. The summed E-state index contributed by atoms with van der Waals surface area (Å²) in [5.41, 5.74) is 1.47. The molecule has 0 radical (unpaired) electrons. The molecule has 1 unspecified atom stereocenters. The lowest BCUT2D eigenvalue weighted by molar-refractivity contribution is -0.137. The summed E-state index contributed by atoms with van der Waals surface area (Å²) in [5, 5.41) is 10.3. The first-order valence-electron chi connectivity index (χ1n) is 12.2. The summed E-state index contributed by atoms with van der Waals surface area (Å²) in [6, 6.07) is 6.31. The second-order valence-electron chi connectivity index (χ2n) is 10.3. The number of nitrogens with zero attached hydrogens (tertiary/aromatic N) is 5. The largest absolute Gasteiger partial charge is 0.417 e. The molecule has 1 aliphatic carbocycles. The Morgan fingerprint density at radius 3 is 2.46 bits per heavy atom. The van der Waals surface area contributed by atoms with Gasteiger partial charge in [0.05, 0.1) is 22.6 Å². The van der Waals surface area contributed by atoms with Crippen molar-refractivity contribution in [2.75, 3.05) is 0 Å². The maximum atomic E-state index is 13.5. The molecule has 1 aliphatic rings. The molecule has 0 saturated heterocycles. The van der Waals surface area contributed by atoms with Crippen LogP contribution in [-0.2, 0) is 11.8 Å². The van der Waals surface area contributed by atoms with Crippen molar-refractivity contribution in [3.05, 3.63) is 98.2 Å². The van der Waals surface area contributed by atoms with Gasteiger partial charge in [-0.05, 0) is 86.9 Å². The SMILES string of the molecule is Cc1cnc(-c2ccnc(C(C)(C)O)n2)cc1-n1c(C)cc([C@@H]2CC2c2cncc(C(F)(F)F)c2)c(Cl)c1=O. The molecule has 39 heavy (non-hydrogen) atoms. The summed E-state index contributed by atoms with van der Waals surface area (Å²) >= 11 is 6.60. The van der Waals surface area contributed by atoms with E-state index in [0.29, 0.717) is 40.3 Å². The van der Waals surface area contributed by atoms with E-state index in [1.165, 1.54) is 17.0 Å². The molecule has 4 aromatic rings. The molecule has 4 heterocycles. The van der Waals surface area contributed by atoms with Gasteiger partial charge in [-0.1, -0.05) is 11.6 Å². The van der Waals surface area contributed by atoms with E-state index in [1.807, 2.05) is 13.0 Å². The maximum Gasteiger partial charge on any atom is 0.417 e. The number of pyridine rings is 3. The van der Waals surface area contributed by atoms with Crippen molar-refractivity contribution >= 4 is 11.6 Å². The molecular formula is C28H25ClF3N5O2. The number of aliphatic hydroxyl groups is 1. The number of rotatable bonds is 5. The Hall–Kier alpha value is -3.63. The number of aryl methyl sites for hydroxylation is 2. The third-order valence-corrected chi connectivity index (χ3v) is 7.23. The van der Waals surface area contributed by atoms with Gasteiger partial charge in [0, 0.05) is 30.5 Å². The Balaban J connectivity index is 1.51. The van der Waals surface area contributed by atoms with Gasteiger partial charge in [0.1, 0.15) is 10.6 Å². The number of hydrogen-bond donors (Lipinski definition) is 1. The van der Waals surface area contributed by atoms with Gasteiger partial charge in [-0.25, -0.2) is 9.97 Å². The fourth-order valence-electron chi connectivity index (χ4n) is 4.72. The third kappa shape index (κ3) is 5.18. The van der Waals surface area contributed by atoms with Crippen LogP contribution in [0.5, 0.6) is 0 Å². The molecule has 202 valence electrons. The van der Waals surface area contributed by atoms with E-state index in [-0.39, 0.29) is 22.7 Å². The Morgan fingerprint density at radius 2 is 1.77 bits per heavy atom. The zero-order valence-electron chi connectivity index (χ0n) is 21.6. The molecule has 5 rings (SSSR count). The smallest absolute Gasteiger partial charge is 0.382 e. The van der Waals surface area contributed by atoms with Crippen molar-refractivity contribution in [3.63, 3.8) is 0 Å². The van der Waals surface area contributed by atoms with E-state index >= 15 is 0 Å². The minimum Gasteiger partial charge on any atom is -0.382 e. The van der Waals surface area contributed by atoms with Crippen molar-refractivity contribution in [1.82, 2.24) is 24.5 Å². The van der Waals surface area contributed by atoms with Crippen LogP contribution in [0.3, 0.4) is 0 Å². The van der Waals surface area contributed by atoms with Gasteiger partial charge in [-0.15, -0.1) is 0 Å². The topological polar surface area (TPSA) is 93.8 Å². The highest BCUT2D eigenvalue weighted by atomic mass is 35.5. The lowest BCUT2D eigenvalue weighted by atomic mass is 10.0. The monoisotopic (exact) mass is 555 g/mol. The molecular weight excluding hydrogens is 531 g/mol. The molecule has 1 fully saturated rings. The van der Waals surface area contributed by atoms with Gasteiger partial charge in [0.2, 0.25) is 0 Å². The van der Waals surface area contributed by atoms with Gasteiger partial charge in [-0.3, -0.25) is 19.3 Å². The molecule has 0 aliphatic heterocycles. The van der Waals surface area contributed by atoms with Crippen LogP contribution >= 0.6 is 11.6 Å². The van der Waals surface area contributed by atoms with E-state index in [9.17, 15) is 23.1 Å². The molecule has 0 spiro atoms. The minimum atomic E-state index is -4.48. The average Bonchev–Trinajstić information content (AvgIpc) is 3.67. The van der Waals surface area contributed by atoms with Gasteiger partial charge in [0.25, 0.3) is 5.56 Å². The number of halogens is 4. The highest BCUT2D eigenvalue weighted by Crippen LogP contribution is 2.56. The molecule has 1 N–H and O–H groups in total. The van der Waals surface area contributed by atoms with Gasteiger partial charge >= 0.3 is 6.18 Å². The molecule has 0 amide bonds. The number of hydrogen-bond acceptors (Lipinski definition) is 6. The van der Waals surface area contributed by atoms with Crippen LogP contribution in [0.2, 0.25) is 5.02 Å². The predicted octanol–water partition coefficient (Wildman–Crippen LogP) is 5.87. The minimum absolute atomic E-state index is 0.0251. The molecule has 0 bridgehead atoms. The molecule has 7 nitrogen and oxygen atoms in total. The highest BCUT2D eigenvalue weighted by Gasteiger charge is 2.43. The molecule has 1 saturated carbocycles. The zero-order chi connectivity index (χ0) is 28.3. The van der Waals surface area contributed by atoms with Crippen molar-refractivity contribution in [3.8, 4) is 17.1 Å². The van der Waals surface area contributed by atoms with Crippen LogP contribution in [0.1, 0.15) is 65.9 Å². The second kappa shape index (κ2) is 9.53. The first-order valence-corrected chi connectivity index (χ1v) is 12.6. The molecule has 4 aromatic heterocycles. The standard InChI is InChI=1S/C28H25ClF3N5O2/c1-14-11-35-22(21-5-6-34-26(36-21)27(3,4)39)10-23(14)37-15(2)7-20(24(29)25(37)38)19-9-18(19)16-8-17(13-33-12-16)28(30,31)32/h5-8,10-13,18-19,39H,9H2,1-4H3/t18?,19-/m1/s1. The summed E-state index contributed by atoms with van der Waals surface area (Å²) in [7, 11) is 0. The van der Waals surface area contributed by atoms with Gasteiger partial charge in [0.15, 0.2) is 5.82 Å². The van der Waals surface area contributed by atoms with E-state index in [1.54, 1.807) is 39.1 Å². The third-order valence-electron chi connectivity index (χ3n) is 6.85. The Labute approximate surface area is 227 Å². The predicted molar refractivity (Wildman–Crippen MR) is 140 cm³/mol. The molecule has 11 heteroatoms. The Kier molecular flexibility index (Phi) is 6.59. The first-order chi connectivity index (χ1) is 18.3. The second-order valence-corrected chi connectivity index (χ2v) is 10.7. The summed E-state index contributed by atoms with van der Waals surface area (Å²) in [6.45, 7) is 6.77. The van der Waals surface area contributed by atoms with Crippen molar-refractivity contribution in [2.45, 2.75) is 57.7 Å². The first kappa shape index (κ1) is 27.0. The van der Waals surface area contributed by atoms with Crippen molar-refractivity contribution in [1.29, 1.82) is 0 Å². The van der Waals surface area contributed by atoms with Crippen LogP contribution in [0.15, 0.2) is 53.8 Å². The quantitative estimate of drug-likeness (QED) is 0.331. The Bertz CT molecular complexity index is 1650. The van der Waals surface area contributed by atoms with Gasteiger partial charge in [-0.2, -0.15) is 13.2 Å². The summed E-state index contributed by atoms with van der Waals surface area (Å²) in [5.74, 6) is -0.150. The van der Waals surface area contributed by atoms with Crippen LogP contribution in [0.25, 0.3) is 17.1 Å². The van der Waals surface area contributed by atoms with E-state index in [4.69, 9.17) is 11.6 Å². The normalized spacial score (nSPS) is 17.4. The Morgan fingerprint density at radius 1 is 1.03 bits per heavy atom. The van der Waals surface area contributed by atoms with Crippen LogP contribution in [0, 0.1) is 13.8 Å². The number of alkyl halides is 3. The van der Waals surface area contributed by atoms with Crippen LogP contribution in [-0.4, -0.2) is 29.6 Å². The van der Waals surface area contributed by atoms with Crippen LogP contribution in [0.4, 0.5) is 13.2 Å². The lowest BCUT2D eigenvalue weighted by Crippen LogP contribution is -2.23. The van der Waals surface area contributed by atoms with Crippen molar-refractivity contribution in [2.24, 2.45) is 0 Å². The van der Waals surface area contributed by atoms with E-state index in [0.717, 1.165) is 17.8 Å². The van der Waals surface area contributed by atoms with E-state index < -0.39 is 22.9 Å². The maximum absolute atomic E-state index is 13.5. The van der Waals surface area contributed by atoms with Crippen LogP contribution < -0.4 is 5.56 Å².